The van der Waals surface area contributed by atoms with Crippen LogP contribution in [0, 0.1) is 0 Å². The average Bonchev–Trinajstić information content (AvgIpc) is 2.28. The molecule has 0 aliphatic heterocycles. The van der Waals surface area contributed by atoms with E-state index in [0.29, 0.717) is 0 Å². The highest BCUT2D eigenvalue weighted by molar-refractivity contribution is 5.87. The Morgan fingerprint density at radius 3 is 2.11 bits per heavy atom. The number of ketones is 1. The van der Waals surface area contributed by atoms with Gasteiger partial charge in [0.05, 0.1) is 6.42 Å². The minimum atomic E-state index is -1.29. The van der Waals surface area contributed by atoms with Crippen LogP contribution in [0.1, 0.15) is 46.0 Å². The van der Waals surface area contributed by atoms with Gasteiger partial charge in [0, 0.05) is 0 Å². The Kier molecular flexibility index (Phi) is 13.2. The number of aliphatic carboxylic acids is 2. The second-order valence-corrected chi connectivity index (χ2v) is 4.05. The van der Waals surface area contributed by atoms with Crippen LogP contribution in [0.25, 0.3) is 0 Å². The van der Waals surface area contributed by atoms with Gasteiger partial charge >= 0.3 is 11.9 Å². The molecule has 1 atom stereocenters. The minimum absolute atomic E-state index is 0.150. The molecule has 6 nitrogen and oxygen atoms in total. The summed E-state index contributed by atoms with van der Waals surface area (Å²) < 4.78 is 0. The number of unbranched alkanes of at least 4 members (excludes halogenated alkanes) is 3. The number of carboxylic acid groups (broad SMARTS) is 2. The van der Waals surface area contributed by atoms with Crippen molar-refractivity contribution in [2.75, 3.05) is 0 Å². The van der Waals surface area contributed by atoms with Crippen molar-refractivity contribution in [3.8, 4) is 0 Å². The van der Waals surface area contributed by atoms with E-state index >= 15 is 0 Å². The van der Waals surface area contributed by atoms with E-state index in [-0.39, 0.29) is 5.78 Å². The van der Waals surface area contributed by atoms with Crippen LogP contribution in [0.15, 0.2) is 12.2 Å². The lowest BCUT2D eigenvalue weighted by atomic mass is 10.2. The normalized spacial score (nSPS) is 11.5. The van der Waals surface area contributed by atoms with E-state index in [1.807, 2.05) is 6.08 Å². The van der Waals surface area contributed by atoms with Gasteiger partial charge in [-0.1, -0.05) is 25.8 Å². The van der Waals surface area contributed by atoms with Crippen molar-refractivity contribution < 1.29 is 24.6 Å². The quantitative estimate of drug-likeness (QED) is 0.456. The second kappa shape index (κ2) is 12.8. The number of carbonyl (C=O) groups is 3. The van der Waals surface area contributed by atoms with Gasteiger partial charge in [0.25, 0.3) is 0 Å². The summed E-state index contributed by atoms with van der Waals surface area (Å²) in [5.74, 6) is -2.35. The summed E-state index contributed by atoms with van der Waals surface area (Å²) in [5, 5.41) is 16.0. The van der Waals surface area contributed by atoms with Crippen LogP contribution in [-0.4, -0.2) is 34.0 Å². The third-order valence-corrected chi connectivity index (χ3v) is 2.04. The highest BCUT2D eigenvalue weighted by Crippen LogP contribution is 1.99. The zero-order valence-electron chi connectivity index (χ0n) is 11.5. The van der Waals surface area contributed by atoms with Crippen molar-refractivity contribution in [3.63, 3.8) is 0 Å². The molecule has 0 aliphatic rings. The highest BCUT2D eigenvalue weighted by atomic mass is 16.4. The SMILES string of the molecule is CCCCCC=CC(C)=O.N[C@@H](CC(=O)O)C(=O)O. The molecule has 4 N–H and O–H groups in total. The predicted octanol–water partition coefficient (Wildman–Crippen LogP) is 1.58. The monoisotopic (exact) mass is 273 g/mol. The fraction of sp³-hybridized carbons (Fsp3) is 0.615. The number of nitrogens with two attached hydrogens (primary N) is 1. The van der Waals surface area contributed by atoms with E-state index in [0.717, 1.165) is 6.42 Å². The maximum absolute atomic E-state index is 10.4. The standard InChI is InChI=1S/C9H16O.C4H7NO4/c1-3-4-5-6-7-8-9(2)10;5-2(4(8)9)1-3(6)7/h7-8H,3-6H2,1-2H3;2H,1,5H2,(H,6,7)(H,8,9)/t;2-/m.0/s1. The highest BCUT2D eigenvalue weighted by Gasteiger charge is 2.14. The smallest absolute Gasteiger partial charge is 0.321 e. The van der Waals surface area contributed by atoms with Crippen molar-refractivity contribution in [2.24, 2.45) is 5.73 Å². The molecule has 0 amide bonds. The first kappa shape index (κ1) is 19.6. The number of hydrogen-bond donors (Lipinski definition) is 3. The van der Waals surface area contributed by atoms with Gasteiger partial charge in [0.15, 0.2) is 5.78 Å². The summed E-state index contributed by atoms with van der Waals surface area (Å²) in [4.78, 5) is 30.0. The Balaban J connectivity index is 0. The Morgan fingerprint density at radius 2 is 1.79 bits per heavy atom. The van der Waals surface area contributed by atoms with E-state index in [4.69, 9.17) is 15.9 Å². The molecule has 110 valence electrons. The molecular weight excluding hydrogens is 250 g/mol. The first-order valence-corrected chi connectivity index (χ1v) is 6.18. The second-order valence-electron chi connectivity index (χ2n) is 4.05. The molecule has 0 aromatic heterocycles. The van der Waals surface area contributed by atoms with Crippen LogP contribution in [0.4, 0.5) is 0 Å². The Bertz CT molecular complexity index is 312. The topological polar surface area (TPSA) is 118 Å². The van der Waals surface area contributed by atoms with Gasteiger partial charge in [0.2, 0.25) is 0 Å². The summed E-state index contributed by atoms with van der Waals surface area (Å²) in [6.07, 6.45) is 7.84. The van der Waals surface area contributed by atoms with Crippen LogP contribution in [0.2, 0.25) is 0 Å². The van der Waals surface area contributed by atoms with Gasteiger partial charge in [0.1, 0.15) is 6.04 Å². The molecule has 0 aromatic carbocycles. The van der Waals surface area contributed by atoms with E-state index in [9.17, 15) is 14.4 Å². The van der Waals surface area contributed by atoms with E-state index in [2.05, 4.69) is 6.92 Å². The van der Waals surface area contributed by atoms with Crippen molar-refractivity contribution >= 4 is 17.7 Å². The Morgan fingerprint density at radius 1 is 1.21 bits per heavy atom. The number of allylic oxidation sites excluding steroid dienone is 2. The summed E-state index contributed by atoms with van der Waals surface area (Å²) >= 11 is 0. The van der Waals surface area contributed by atoms with E-state index in [1.165, 1.54) is 19.3 Å². The van der Waals surface area contributed by atoms with Gasteiger partial charge in [-0.15, -0.1) is 0 Å². The first-order valence-electron chi connectivity index (χ1n) is 6.18. The van der Waals surface area contributed by atoms with Crippen molar-refractivity contribution in [1.82, 2.24) is 0 Å². The fourth-order valence-electron chi connectivity index (χ4n) is 1.04. The molecule has 0 saturated heterocycles. The molecule has 0 radical (unpaired) electrons. The van der Waals surface area contributed by atoms with Crippen LogP contribution in [-0.2, 0) is 14.4 Å². The Labute approximate surface area is 113 Å². The number of rotatable bonds is 8. The molecule has 0 heterocycles. The lowest BCUT2D eigenvalue weighted by Gasteiger charge is -1.99. The van der Waals surface area contributed by atoms with Crippen LogP contribution >= 0.6 is 0 Å². The zero-order valence-corrected chi connectivity index (χ0v) is 11.5. The van der Waals surface area contributed by atoms with Gasteiger partial charge in [-0.2, -0.15) is 0 Å². The summed E-state index contributed by atoms with van der Waals surface area (Å²) in [6, 6.07) is -1.29. The van der Waals surface area contributed by atoms with Gasteiger partial charge in [-0.05, 0) is 25.8 Å². The van der Waals surface area contributed by atoms with E-state index in [1.54, 1.807) is 13.0 Å². The number of carboxylic acids is 2. The molecular formula is C13H23NO5. The lowest BCUT2D eigenvalue weighted by Crippen LogP contribution is -2.32. The molecule has 0 rings (SSSR count). The molecule has 19 heavy (non-hydrogen) atoms. The van der Waals surface area contributed by atoms with Gasteiger partial charge in [-0.3, -0.25) is 14.4 Å². The van der Waals surface area contributed by atoms with Crippen molar-refractivity contribution in [3.05, 3.63) is 12.2 Å². The van der Waals surface area contributed by atoms with Crippen molar-refractivity contribution in [2.45, 2.75) is 52.0 Å². The fourth-order valence-corrected chi connectivity index (χ4v) is 1.04. The largest absolute Gasteiger partial charge is 0.481 e. The average molecular weight is 273 g/mol. The molecule has 0 fully saturated rings. The molecule has 0 aliphatic carbocycles. The lowest BCUT2D eigenvalue weighted by molar-refractivity contribution is -0.144. The molecule has 0 spiro atoms. The summed E-state index contributed by atoms with van der Waals surface area (Å²) in [7, 11) is 0. The molecule has 0 aromatic rings. The minimum Gasteiger partial charge on any atom is -0.481 e. The van der Waals surface area contributed by atoms with Gasteiger partial charge in [-0.25, -0.2) is 0 Å². The van der Waals surface area contributed by atoms with Crippen molar-refractivity contribution in [1.29, 1.82) is 0 Å². The zero-order chi connectivity index (χ0) is 15.3. The summed E-state index contributed by atoms with van der Waals surface area (Å²) in [6.45, 7) is 3.75. The molecule has 6 heteroatoms. The molecule has 0 bridgehead atoms. The summed E-state index contributed by atoms with van der Waals surface area (Å²) in [5.41, 5.74) is 4.84. The third kappa shape index (κ3) is 18.9. The van der Waals surface area contributed by atoms with Crippen LogP contribution in [0.5, 0.6) is 0 Å². The van der Waals surface area contributed by atoms with Crippen LogP contribution in [0.3, 0.4) is 0 Å². The van der Waals surface area contributed by atoms with Crippen LogP contribution < -0.4 is 5.73 Å². The predicted molar refractivity (Wildman–Crippen MR) is 71.8 cm³/mol. The number of carbonyl (C=O) groups excluding carboxylic acids is 1. The van der Waals surface area contributed by atoms with E-state index < -0.39 is 24.4 Å². The maximum Gasteiger partial charge on any atom is 0.321 e. The maximum atomic E-state index is 10.4. The molecule has 0 saturated carbocycles. The van der Waals surface area contributed by atoms with Gasteiger partial charge < -0.3 is 15.9 Å². The third-order valence-electron chi connectivity index (χ3n) is 2.04. The molecule has 0 unspecified atom stereocenters. The number of hydrogen-bond acceptors (Lipinski definition) is 4. The Hall–Kier alpha value is -1.69. The first-order chi connectivity index (χ1) is 8.81.